The number of rotatable bonds is 4. The van der Waals surface area contributed by atoms with Crippen molar-refractivity contribution in [3.05, 3.63) is 22.7 Å². The number of halogens is 1. The topological polar surface area (TPSA) is 64.0 Å². The summed E-state index contributed by atoms with van der Waals surface area (Å²) in [6.45, 7) is 4.55. The number of aryl methyl sites for hydroxylation is 1. The molecular weight excluding hydrogens is 354 g/mol. The van der Waals surface area contributed by atoms with Gasteiger partial charge in [0.25, 0.3) is 0 Å². The molecule has 0 aliphatic carbocycles. The maximum Gasteiger partial charge on any atom is 0.316 e. The van der Waals surface area contributed by atoms with Gasteiger partial charge < -0.3 is 9.64 Å². The Morgan fingerprint density at radius 2 is 2.24 bits per heavy atom. The Bertz CT molecular complexity index is 591. The standard InChI is InChI=1S/C13H16BrN5OS/c1-9-17-13(21-18-9)19-4-2-3-10(7-19)8-20-12-15-5-11(14)6-16-12/h5-6,10H,2-4,7-8H2,1H3. The minimum absolute atomic E-state index is 0.432. The van der Waals surface area contributed by atoms with Gasteiger partial charge in [-0.25, -0.2) is 15.0 Å². The summed E-state index contributed by atoms with van der Waals surface area (Å²) in [5.41, 5.74) is 0. The van der Waals surface area contributed by atoms with Crippen LogP contribution < -0.4 is 9.64 Å². The minimum Gasteiger partial charge on any atom is -0.463 e. The van der Waals surface area contributed by atoms with Crippen LogP contribution in [-0.2, 0) is 0 Å². The van der Waals surface area contributed by atoms with Gasteiger partial charge in [0.2, 0.25) is 5.13 Å². The highest BCUT2D eigenvalue weighted by Crippen LogP contribution is 2.24. The van der Waals surface area contributed by atoms with Crippen molar-refractivity contribution >= 4 is 32.6 Å². The average Bonchev–Trinajstić information content (AvgIpc) is 2.94. The van der Waals surface area contributed by atoms with Crippen LogP contribution >= 0.6 is 27.5 Å². The first-order valence-corrected chi connectivity index (χ1v) is 8.43. The van der Waals surface area contributed by atoms with E-state index in [1.807, 2.05) is 6.92 Å². The van der Waals surface area contributed by atoms with Crippen LogP contribution in [0.5, 0.6) is 6.01 Å². The second kappa shape index (κ2) is 6.65. The fraction of sp³-hybridized carbons (Fsp3) is 0.538. The van der Waals surface area contributed by atoms with Crippen LogP contribution in [0.4, 0.5) is 5.13 Å². The van der Waals surface area contributed by atoms with Crippen LogP contribution in [0.15, 0.2) is 16.9 Å². The van der Waals surface area contributed by atoms with Gasteiger partial charge in [-0.15, -0.1) is 0 Å². The molecule has 2 aromatic heterocycles. The lowest BCUT2D eigenvalue weighted by atomic mass is 9.99. The summed E-state index contributed by atoms with van der Waals surface area (Å²) >= 11 is 4.78. The highest BCUT2D eigenvalue weighted by atomic mass is 79.9. The summed E-state index contributed by atoms with van der Waals surface area (Å²) in [7, 11) is 0. The van der Waals surface area contributed by atoms with Gasteiger partial charge in [0.15, 0.2) is 0 Å². The van der Waals surface area contributed by atoms with Crippen molar-refractivity contribution in [2.75, 3.05) is 24.6 Å². The molecule has 0 radical (unpaired) electrons. The highest BCUT2D eigenvalue weighted by molar-refractivity contribution is 9.10. The molecule has 0 aromatic carbocycles. The molecule has 1 aliphatic heterocycles. The first kappa shape index (κ1) is 14.6. The van der Waals surface area contributed by atoms with E-state index in [1.54, 1.807) is 12.4 Å². The van der Waals surface area contributed by atoms with E-state index in [2.05, 4.69) is 40.2 Å². The molecule has 1 unspecified atom stereocenters. The Labute approximate surface area is 135 Å². The molecule has 1 fully saturated rings. The summed E-state index contributed by atoms with van der Waals surface area (Å²) in [5, 5.41) is 1.01. The van der Waals surface area contributed by atoms with E-state index in [-0.39, 0.29) is 0 Å². The Kier molecular flexibility index (Phi) is 4.64. The Morgan fingerprint density at radius 3 is 2.95 bits per heavy atom. The molecule has 21 heavy (non-hydrogen) atoms. The van der Waals surface area contributed by atoms with Gasteiger partial charge in [-0.3, -0.25) is 0 Å². The van der Waals surface area contributed by atoms with Crippen molar-refractivity contribution in [1.29, 1.82) is 0 Å². The molecule has 3 rings (SSSR count). The summed E-state index contributed by atoms with van der Waals surface area (Å²) in [5.74, 6) is 1.31. The van der Waals surface area contributed by atoms with Gasteiger partial charge in [-0.05, 0) is 35.7 Å². The van der Waals surface area contributed by atoms with E-state index in [9.17, 15) is 0 Å². The lowest BCUT2D eigenvalue weighted by molar-refractivity contribution is 0.214. The Morgan fingerprint density at radius 1 is 1.43 bits per heavy atom. The fourth-order valence-corrected chi connectivity index (χ4v) is 3.27. The third-order valence-electron chi connectivity index (χ3n) is 3.35. The third-order valence-corrected chi connectivity index (χ3v) is 4.63. The van der Waals surface area contributed by atoms with Gasteiger partial charge in [0.05, 0.1) is 11.1 Å². The van der Waals surface area contributed by atoms with Crippen LogP contribution in [0.25, 0.3) is 0 Å². The maximum absolute atomic E-state index is 5.69. The number of ether oxygens (including phenoxy) is 1. The minimum atomic E-state index is 0.432. The predicted octanol–water partition coefficient (Wildman–Crippen LogP) is 2.69. The number of piperidine rings is 1. The summed E-state index contributed by atoms with van der Waals surface area (Å²) in [4.78, 5) is 15.0. The van der Waals surface area contributed by atoms with E-state index in [0.29, 0.717) is 18.5 Å². The van der Waals surface area contributed by atoms with E-state index >= 15 is 0 Å². The molecule has 1 atom stereocenters. The van der Waals surface area contributed by atoms with Crippen LogP contribution in [-0.4, -0.2) is 39.0 Å². The van der Waals surface area contributed by atoms with Crippen LogP contribution in [0, 0.1) is 12.8 Å². The SMILES string of the molecule is Cc1nsc(N2CCCC(COc3ncc(Br)cn3)C2)n1. The summed E-state index contributed by atoms with van der Waals surface area (Å²) < 4.78 is 10.8. The third kappa shape index (κ3) is 3.88. The molecule has 6 nitrogen and oxygen atoms in total. The zero-order valence-corrected chi connectivity index (χ0v) is 14.1. The molecule has 0 amide bonds. The summed E-state index contributed by atoms with van der Waals surface area (Å²) in [6, 6.07) is 0.432. The van der Waals surface area contributed by atoms with Crippen LogP contribution in [0.2, 0.25) is 0 Å². The Hall–Kier alpha value is -1.28. The van der Waals surface area contributed by atoms with E-state index < -0.39 is 0 Å². The number of nitrogens with zero attached hydrogens (tertiary/aromatic N) is 5. The van der Waals surface area contributed by atoms with Crippen molar-refractivity contribution in [1.82, 2.24) is 19.3 Å². The fourth-order valence-electron chi connectivity index (χ4n) is 2.36. The highest BCUT2D eigenvalue weighted by Gasteiger charge is 2.23. The van der Waals surface area contributed by atoms with Gasteiger partial charge in [-0.2, -0.15) is 4.37 Å². The zero-order valence-electron chi connectivity index (χ0n) is 11.7. The van der Waals surface area contributed by atoms with E-state index in [0.717, 1.165) is 41.4 Å². The second-order valence-corrected chi connectivity index (χ2v) is 6.72. The van der Waals surface area contributed by atoms with Gasteiger partial charge >= 0.3 is 6.01 Å². The monoisotopic (exact) mass is 369 g/mol. The quantitative estimate of drug-likeness (QED) is 0.825. The molecule has 112 valence electrons. The normalized spacial score (nSPS) is 18.8. The van der Waals surface area contributed by atoms with E-state index in [1.165, 1.54) is 11.5 Å². The lowest BCUT2D eigenvalue weighted by Gasteiger charge is -2.31. The molecule has 1 saturated heterocycles. The molecule has 0 saturated carbocycles. The first-order valence-electron chi connectivity index (χ1n) is 6.86. The number of anilines is 1. The molecule has 2 aromatic rings. The summed E-state index contributed by atoms with van der Waals surface area (Å²) in [6.07, 6.45) is 5.69. The first-order chi connectivity index (χ1) is 10.2. The van der Waals surface area contributed by atoms with Crippen LogP contribution in [0.3, 0.4) is 0 Å². The van der Waals surface area contributed by atoms with E-state index in [4.69, 9.17) is 4.74 Å². The number of hydrogen-bond acceptors (Lipinski definition) is 7. The van der Waals surface area contributed by atoms with Crippen molar-refractivity contribution in [2.24, 2.45) is 5.92 Å². The van der Waals surface area contributed by atoms with Gasteiger partial charge in [-0.1, -0.05) is 0 Å². The average molecular weight is 370 g/mol. The second-order valence-electron chi connectivity index (χ2n) is 5.07. The molecule has 0 spiro atoms. The molecular formula is C13H16BrN5OS. The van der Waals surface area contributed by atoms with Gasteiger partial charge in [0, 0.05) is 42.9 Å². The van der Waals surface area contributed by atoms with Crippen molar-refractivity contribution in [2.45, 2.75) is 19.8 Å². The zero-order chi connectivity index (χ0) is 14.7. The Balaban J connectivity index is 1.55. The maximum atomic E-state index is 5.69. The van der Waals surface area contributed by atoms with Crippen molar-refractivity contribution in [3.8, 4) is 6.01 Å². The largest absolute Gasteiger partial charge is 0.463 e. The molecule has 3 heterocycles. The molecule has 0 N–H and O–H groups in total. The lowest BCUT2D eigenvalue weighted by Crippen LogP contribution is -2.37. The molecule has 8 heteroatoms. The smallest absolute Gasteiger partial charge is 0.316 e. The van der Waals surface area contributed by atoms with Crippen LogP contribution in [0.1, 0.15) is 18.7 Å². The van der Waals surface area contributed by atoms with Gasteiger partial charge in [0.1, 0.15) is 5.82 Å². The number of hydrogen-bond donors (Lipinski definition) is 0. The number of aromatic nitrogens is 4. The van der Waals surface area contributed by atoms with Crippen molar-refractivity contribution in [3.63, 3.8) is 0 Å². The molecule has 1 aliphatic rings. The predicted molar refractivity (Wildman–Crippen MR) is 84.8 cm³/mol. The molecule has 0 bridgehead atoms. The van der Waals surface area contributed by atoms with Crippen molar-refractivity contribution < 1.29 is 4.74 Å².